The molecule has 93 valence electrons. The van der Waals surface area contributed by atoms with E-state index in [9.17, 15) is 5.11 Å². The van der Waals surface area contributed by atoms with Crippen LogP contribution in [0.1, 0.15) is 22.3 Å². The van der Waals surface area contributed by atoms with Crippen LogP contribution in [0.2, 0.25) is 0 Å². The van der Waals surface area contributed by atoms with Crippen molar-refractivity contribution in [3.63, 3.8) is 0 Å². The fourth-order valence-corrected chi connectivity index (χ4v) is 2.05. The number of aryl methyl sites for hydroxylation is 4. The van der Waals surface area contributed by atoms with Gasteiger partial charge in [-0.25, -0.2) is 0 Å². The van der Waals surface area contributed by atoms with Gasteiger partial charge in [0.1, 0.15) is 11.5 Å². The second-order valence-corrected chi connectivity index (χ2v) is 4.71. The van der Waals surface area contributed by atoms with Crippen molar-refractivity contribution < 1.29 is 9.84 Å². The Morgan fingerprint density at radius 2 is 1.33 bits per heavy atom. The molecule has 0 aliphatic carbocycles. The van der Waals surface area contributed by atoms with Gasteiger partial charge in [0.25, 0.3) is 0 Å². The van der Waals surface area contributed by atoms with Crippen molar-refractivity contribution in [2.24, 2.45) is 0 Å². The van der Waals surface area contributed by atoms with Crippen LogP contribution < -0.4 is 4.74 Å². The molecule has 2 aromatic carbocycles. The Hall–Kier alpha value is -1.96. The van der Waals surface area contributed by atoms with E-state index in [4.69, 9.17) is 4.74 Å². The van der Waals surface area contributed by atoms with E-state index in [1.165, 1.54) is 0 Å². The zero-order valence-corrected chi connectivity index (χ0v) is 11.2. The SMILES string of the molecule is Cc1cc(Oc2c(C)cccc2C)cc(C)c1[O]. The molecule has 1 radical (unpaired) electrons. The molecule has 0 saturated heterocycles. The molecule has 0 saturated carbocycles. The Kier molecular flexibility index (Phi) is 3.28. The maximum Gasteiger partial charge on any atom is 0.184 e. The second kappa shape index (κ2) is 4.73. The van der Waals surface area contributed by atoms with Gasteiger partial charge < -0.3 is 4.74 Å². The lowest BCUT2D eigenvalue weighted by molar-refractivity contribution is 0.347. The van der Waals surface area contributed by atoms with Crippen LogP contribution in [0.3, 0.4) is 0 Å². The van der Waals surface area contributed by atoms with Gasteiger partial charge >= 0.3 is 0 Å². The first-order valence-corrected chi connectivity index (χ1v) is 6.01. The largest absolute Gasteiger partial charge is 0.457 e. The summed E-state index contributed by atoms with van der Waals surface area (Å²) in [4.78, 5) is 0. The standard InChI is InChI=1S/C16H17O2/c1-10-6-5-7-11(2)16(10)18-14-8-12(3)15(17)13(4)9-14/h5-9H,1-4H3. The Morgan fingerprint density at radius 3 is 1.83 bits per heavy atom. The maximum atomic E-state index is 11.7. The first kappa shape index (κ1) is 12.5. The first-order valence-electron chi connectivity index (χ1n) is 6.01. The van der Waals surface area contributed by atoms with E-state index in [1.807, 2.05) is 45.9 Å². The number of ether oxygens (including phenoxy) is 1. The Labute approximate surface area is 108 Å². The Bertz CT molecular complexity index is 542. The average Bonchev–Trinajstić information content (AvgIpc) is 2.31. The zero-order valence-electron chi connectivity index (χ0n) is 11.2. The summed E-state index contributed by atoms with van der Waals surface area (Å²) >= 11 is 0. The van der Waals surface area contributed by atoms with Crippen LogP contribution in [-0.4, -0.2) is 0 Å². The molecule has 0 unspecified atom stereocenters. The fraction of sp³-hybridized carbons (Fsp3) is 0.250. The second-order valence-electron chi connectivity index (χ2n) is 4.71. The highest BCUT2D eigenvalue weighted by Gasteiger charge is 2.09. The summed E-state index contributed by atoms with van der Waals surface area (Å²) < 4.78 is 5.92. The van der Waals surface area contributed by atoms with E-state index in [-0.39, 0.29) is 5.75 Å². The molecule has 0 atom stereocenters. The van der Waals surface area contributed by atoms with Gasteiger partial charge in [-0.3, -0.25) is 5.11 Å². The van der Waals surface area contributed by atoms with Crippen molar-refractivity contribution >= 4 is 0 Å². The third-order valence-corrected chi connectivity index (χ3v) is 3.06. The van der Waals surface area contributed by atoms with Crippen molar-refractivity contribution in [2.75, 3.05) is 0 Å². The van der Waals surface area contributed by atoms with Gasteiger partial charge in [0.2, 0.25) is 0 Å². The smallest absolute Gasteiger partial charge is 0.184 e. The lowest BCUT2D eigenvalue weighted by Gasteiger charge is -2.13. The molecule has 0 fully saturated rings. The predicted octanol–water partition coefficient (Wildman–Crippen LogP) is 4.86. The summed E-state index contributed by atoms with van der Waals surface area (Å²) in [6, 6.07) is 9.63. The van der Waals surface area contributed by atoms with Gasteiger partial charge in [0.15, 0.2) is 5.75 Å². The van der Waals surface area contributed by atoms with Crippen molar-refractivity contribution in [1.29, 1.82) is 0 Å². The molecule has 2 aromatic rings. The minimum atomic E-state index is 0.0869. The molecule has 0 aromatic heterocycles. The molecule has 0 N–H and O–H groups in total. The molecule has 0 aliphatic rings. The van der Waals surface area contributed by atoms with Crippen molar-refractivity contribution in [3.05, 3.63) is 52.6 Å². The van der Waals surface area contributed by atoms with Gasteiger partial charge in [-0.2, -0.15) is 0 Å². The molecule has 0 spiro atoms. The third kappa shape index (κ3) is 2.33. The lowest BCUT2D eigenvalue weighted by atomic mass is 10.1. The van der Waals surface area contributed by atoms with Crippen LogP contribution in [0.5, 0.6) is 17.2 Å². The summed E-state index contributed by atoms with van der Waals surface area (Å²) in [5, 5.41) is 11.7. The predicted molar refractivity (Wildman–Crippen MR) is 72.0 cm³/mol. The van der Waals surface area contributed by atoms with Crippen molar-refractivity contribution in [1.82, 2.24) is 0 Å². The minimum absolute atomic E-state index is 0.0869. The lowest BCUT2D eigenvalue weighted by Crippen LogP contribution is -1.92. The molecular weight excluding hydrogens is 224 g/mol. The third-order valence-electron chi connectivity index (χ3n) is 3.06. The molecule has 2 rings (SSSR count). The number of para-hydroxylation sites is 1. The molecule has 0 aliphatic heterocycles. The van der Waals surface area contributed by atoms with Gasteiger partial charge in [-0.1, -0.05) is 18.2 Å². The molecule has 2 heteroatoms. The van der Waals surface area contributed by atoms with Crippen LogP contribution in [0.4, 0.5) is 0 Å². The highest BCUT2D eigenvalue weighted by Crippen LogP contribution is 2.33. The summed E-state index contributed by atoms with van der Waals surface area (Å²) in [6.07, 6.45) is 0. The molecule has 18 heavy (non-hydrogen) atoms. The van der Waals surface area contributed by atoms with Gasteiger partial charge in [-0.15, -0.1) is 0 Å². The fourth-order valence-electron chi connectivity index (χ4n) is 2.05. The van der Waals surface area contributed by atoms with E-state index in [2.05, 4.69) is 0 Å². The van der Waals surface area contributed by atoms with Crippen molar-refractivity contribution in [2.45, 2.75) is 27.7 Å². The Balaban J connectivity index is 2.41. The maximum absolute atomic E-state index is 11.7. The molecular formula is C16H17O2. The minimum Gasteiger partial charge on any atom is -0.457 e. The Morgan fingerprint density at radius 1 is 0.833 bits per heavy atom. The van der Waals surface area contributed by atoms with E-state index < -0.39 is 0 Å². The van der Waals surface area contributed by atoms with Crippen LogP contribution in [0.15, 0.2) is 30.3 Å². The first-order chi connectivity index (χ1) is 8.49. The molecule has 0 amide bonds. The summed E-state index contributed by atoms with van der Waals surface area (Å²) in [5.41, 5.74) is 3.63. The highest BCUT2D eigenvalue weighted by atomic mass is 16.5. The molecule has 2 nitrogen and oxygen atoms in total. The van der Waals surface area contributed by atoms with Crippen LogP contribution in [-0.2, 0) is 5.11 Å². The van der Waals surface area contributed by atoms with E-state index in [1.54, 1.807) is 12.1 Å². The molecule has 0 bridgehead atoms. The highest BCUT2D eigenvalue weighted by molar-refractivity contribution is 5.48. The summed E-state index contributed by atoms with van der Waals surface area (Å²) in [5.74, 6) is 1.68. The van der Waals surface area contributed by atoms with E-state index in [0.717, 1.165) is 33.8 Å². The van der Waals surface area contributed by atoms with Crippen LogP contribution >= 0.6 is 0 Å². The number of benzene rings is 2. The monoisotopic (exact) mass is 241 g/mol. The average molecular weight is 241 g/mol. The zero-order chi connectivity index (χ0) is 13.3. The van der Waals surface area contributed by atoms with Crippen molar-refractivity contribution in [3.8, 4) is 17.2 Å². The van der Waals surface area contributed by atoms with Gasteiger partial charge in [-0.05, 0) is 51.0 Å². The summed E-state index contributed by atoms with van der Waals surface area (Å²) in [7, 11) is 0. The number of hydrogen-bond acceptors (Lipinski definition) is 1. The number of rotatable bonds is 2. The topological polar surface area (TPSA) is 29.1 Å². The van der Waals surface area contributed by atoms with Crippen LogP contribution in [0, 0.1) is 27.7 Å². The molecule has 0 heterocycles. The summed E-state index contributed by atoms with van der Waals surface area (Å²) in [6.45, 7) is 7.66. The van der Waals surface area contributed by atoms with E-state index >= 15 is 0 Å². The normalized spacial score (nSPS) is 10.4. The number of hydrogen-bond donors (Lipinski definition) is 0. The quantitative estimate of drug-likeness (QED) is 0.738. The van der Waals surface area contributed by atoms with Gasteiger partial charge in [0, 0.05) is 11.1 Å². The van der Waals surface area contributed by atoms with Crippen LogP contribution in [0.25, 0.3) is 0 Å². The van der Waals surface area contributed by atoms with Gasteiger partial charge in [0.05, 0.1) is 0 Å². The van der Waals surface area contributed by atoms with E-state index in [0.29, 0.717) is 0 Å².